The lowest BCUT2D eigenvalue weighted by molar-refractivity contribution is 0.131. The molecule has 1 saturated carbocycles. The Balaban J connectivity index is 1.86. The molecule has 0 saturated heterocycles. The fourth-order valence-corrected chi connectivity index (χ4v) is 2.52. The first kappa shape index (κ1) is 13.2. The first-order chi connectivity index (χ1) is 8.72. The largest absolute Gasteiger partial charge is 0.504 e. The van der Waals surface area contributed by atoms with E-state index in [0.29, 0.717) is 18.2 Å². The second-order valence-corrected chi connectivity index (χ2v) is 4.86. The summed E-state index contributed by atoms with van der Waals surface area (Å²) in [4.78, 5) is 0. The normalized spacial score (nSPS) is 23.2. The van der Waals surface area contributed by atoms with E-state index in [1.165, 1.54) is 0 Å². The van der Waals surface area contributed by atoms with E-state index in [2.05, 4.69) is 5.32 Å². The zero-order chi connectivity index (χ0) is 13.0. The van der Waals surface area contributed by atoms with E-state index < -0.39 is 0 Å². The van der Waals surface area contributed by atoms with Crippen LogP contribution in [0.15, 0.2) is 18.2 Å². The number of aromatic hydroxyl groups is 1. The summed E-state index contributed by atoms with van der Waals surface area (Å²) < 4.78 is 5.06. The van der Waals surface area contributed by atoms with E-state index in [1.54, 1.807) is 13.2 Å². The minimum Gasteiger partial charge on any atom is -0.504 e. The van der Waals surface area contributed by atoms with Crippen LogP contribution in [0.4, 0.5) is 0 Å². The standard InChI is InChI=1S/C14H21NO3/c1-18-13-7-3-5-11(14(13)17)9-15-8-10-4-2-6-12(10)16/h3,5,7,10,12,15-17H,2,4,6,8-9H2,1H3. The number of aliphatic hydroxyl groups excluding tert-OH is 1. The third-order valence-corrected chi connectivity index (χ3v) is 3.64. The molecule has 0 heterocycles. The lowest BCUT2D eigenvalue weighted by Crippen LogP contribution is -2.27. The molecular weight excluding hydrogens is 230 g/mol. The highest BCUT2D eigenvalue weighted by Gasteiger charge is 2.24. The molecule has 4 nitrogen and oxygen atoms in total. The molecule has 1 aromatic rings. The number of rotatable bonds is 5. The molecule has 0 aromatic heterocycles. The summed E-state index contributed by atoms with van der Waals surface area (Å²) in [6.45, 7) is 1.38. The Bertz CT molecular complexity index is 395. The van der Waals surface area contributed by atoms with Crippen LogP contribution >= 0.6 is 0 Å². The Hall–Kier alpha value is -1.26. The Morgan fingerprint density at radius 1 is 1.39 bits per heavy atom. The van der Waals surface area contributed by atoms with Crippen LogP contribution in [0.5, 0.6) is 11.5 Å². The predicted octanol–water partition coefficient (Wildman–Crippen LogP) is 1.65. The van der Waals surface area contributed by atoms with Gasteiger partial charge < -0.3 is 20.3 Å². The van der Waals surface area contributed by atoms with Crippen molar-refractivity contribution >= 4 is 0 Å². The SMILES string of the molecule is COc1cccc(CNCC2CCCC2O)c1O. The Kier molecular flexibility index (Phi) is 4.44. The molecule has 1 aliphatic rings. The van der Waals surface area contributed by atoms with Gasteiger partial charge in [-0.05, 0) is 24.8 Å². The number of benzene rings is 1. The Morgan fingerprint density at radius 2 is 2.22 bits per heavy atom. The average Bonchev–Trinajstić information content (AvgIpc) is 2.77. The lowest BCUT2D eigenvalue weighted by Gasteiger charge is -2.15. The molecule has 3 N–H and O–H groups in total. The van der Waals surface area contributed by atoms with E-state index in [4.69, 9.17) is 4.74 Å². The molecular formula is C14H21NO3. The minimum atomic E-state index is -0.170. The van der Waals surface area contributed by atoms with Crippen molar-refractivity contribution in [2.45, 2.75) is 31.9 Å². The monoisotopic (exact) mass is 251 g/mol. The van der Waals surface area contributed by atoms with Gasteiger partial charge in [0.1, 0.15) is 0 Å². The lowest BCUT2D eigenvalue weighted by atomic mass is 10.1. The molecule has 0 aliphatic heterocycles. The number of nitrogens with one attached hydrogen (secondary N) is 1. The maximum absolute atomic E-state index is 9.92. The van der Waals surface area contributed by atoms with Gasteiger partial charge in [-0.1, -0.05) is 18.6 Å². The molecule has 0 spiro atoms. The highest BCUT2D eigenvalue weighted by atomic mass is 16.5. The molecule has 1 fully saturated rings. The quantitative estimate of drug-likeness (QED) is 0.744. The van der Waals surface area contributed by atoms with Crippen molar-refractivity contribution < 1.29 is 14.9 Å². The van der Waals surface area contributed by atoms with Gasteiger partial charge in [-0.3, -0.25) is 0 Å². The van der Waals surface area contributed by atoms with E-state index in [9.17, 15) is 10.2 Å². The smallest absolute Gasteiger partial charge is 0.162 e. The molecule has 18 heavy (non-hydrogen) atoms. The zero-order valence-electron chi connectivity index (χ0n) is 10.7. The highest BCUT2D eigenvalue weighted by molar-refractivity contribution is 5.45. The van der Waals surface area contributed by atoms with Gasteiger partial charge in [0.25, 0.3) is 0 Å². The van der Waals surface area contributed by atoms with Crippen molar-refractivity contribution in [1.82, 2.24) is 5.32 Å². The second-order valence-electron chi connectivity index (χ2n) is 4.86. The summed E-state index contributed by atoms with van der Waals surface area (Å²) in [7, 11) is 1.54. The van der Waals surface area contributed by atoms with Crippen LogP contribution in [-0.2, 0) is 6.54 Å². The Morgan fingerprint density at radius 3 is 2.89 bits per heavy atom. The van der Waals surface area contributed by atoms with Crippen molar-refractivity contribution in [3.63, 3.8) is 0 Å². The van der Waals surface area contributed by atoms with Crippen molar-refractivity contribution in [1.29, 1.82) is 0 Å². The summed E-state index contributed by atoms with van der Waals surface area (Å²) in [5.41, 5.74) is 0.821. The number of phenols is 1. The molecule has 2 unspecified atom stereocenters. The van der Waals surface area contributed by atoms with Crippen LogP contribution < -0.4 is 10.1 Å². The number of ether oxygens (including phenoxy) is 1. The molecule has 0 amide bonds. The number of phenolic OH excluding ortho intramolecular Hbond substituents is 1. The van der Waals surface area contributed by atoms with Gasteiger partial charge in [0, 0.05) is 18.7 Å². The van der Waals surface area contributed by atoms with Crippen LogP contribution in [0.1, 0.15) is 24.8 Å². The van der Waals surface area contributed by atoms with Gasteiger partial charge in [-0.2, -0.15) is 0 Å². The third kappa shape index (κ3) is 2.94. The van der Waals surface area contributed by atoms with Crippen molar-refractivity contribution in [3.05, 3.63) is 23.8 Å². The fraction of sp³-hybridized carbons (Fsp3) is 0.571. The molecule has 1 aliphatic carbocycles. The summed E-state index contributed by atoms with van der Waals surface area (Å²) in [6, 6.07) is 5.47. The van der Waals surface area contributed by atoms with Crippen molar-refractivity contribution in [2.75, 3.05) is 13.7 Å². The number of aliphatic hydroxyl groups is 1. The highest BCUT2D eigenvalue weighted by Crippen LogP contribution is 2.29. The summed E-state index contributed by atoms with van der Waals surface area (Å²) in [6.07, 6.45) is 2.93. The number of hydrogen-bond acceptors (Lipinski definition) is 4. The van der Waals surface area contributed by atoms with Crippen molar-refractivity contribution in [2.24, 2.45) is 5.92 Å². The van der Waals surface area contributed by atoms with Crippen molar-refractivity contribution in [3.8, 4) is 11.5 Å². The van der Waals surface area contributed by atoms with E-state index in [0.717, 1.165) is 31.4 Å². The third-order valence-electron chi connectivity index (χ3n) is 3.64. The van der Waals surface area contributed by atoms with Gasteiger partial charge >= 0.3 is 0 Å². The first-order valence-electron chi connectivity index (χ1n) is 6.46. The number of methoxy groups -OCH3 is 1. The molecule has 1 aromatic carbocycles. The number of hydrogen-bond donors (Lipinski definition) is 3. The van der Waals surface area contributed by atoms with Gasteiger partial charge in [0.2, 0.25) is 0 Å². The van der Waals surface area contributed by atoms with Crippen LogP contribution in [0.2, 0.25) is 0 Å². The molecule has 2 atom stereocenters. The minimum absolute atomic E-state index is 0.170. The van der Waals surface area contributed by atoms with Crippen LogP contribution in [-0.4, -0.2) is 30.0 Å². The van der Waals surface area contributed by atoms with Crippen LogP contribution in [0.25, 0.3) is 0 Å². The summed E-state index contributed by atoms with van der Waals surface area (Å²) in [5.74, 6) is 1.03. The molecule has 0 bridgehead atoms. The fourth-order valence-electron chi connectivity index (χ4n) is 2.52. The summed E-state index contributed by atoms with van der Waals surface area (Å²) >= 11 is 0. The van der Waals surface area contributed by atoms with Crippen LogP contribution in [0, 0.1) is 5.92 Å². The zero-order valence-corrected chi connectivity index (χ0v) is 10.7. The topological polar surface area (TPSA) is 61.7 Å². The molecule has 4 heteroatoms. The maximum Gasteiger partial charge on any atom is 0.162 e. The van der Waals surface area contributed by atoms with E-state index in [1.807, 2.05) is 12.1 Å². The van der Waals surface area contributed by atoms with Gasteiger partial charge in [0.05, 0.1) is 13.2 Å². The van der Waals surface area contributed by atoms with E-state index in [-0.39, 0.29) is 11.9 Å². The van der Waals surface area contributed by atoms with Gasteiger partial charge in [0.15, 0.2) is 11.5 Å². The number of para-hydroxylation sites is 1. The predicted molar refractivity (Wildman–Crippen MR) is 69.7 cm³/mol. The van der Waals surface area contributed by atoms with Crippen LogP contribution in [0.3, 0.4) is 0 Å². The Labute approximate surface area is 108 Å². The van der Waals surface area contributed by atoms with Gasteiger partial charge in [-0.25, -0.2) is 0 Å². The molecule has 100 valence electrons. The van der Waals surface area contributed by atoms with Gasteiger partial charge in [-0.15, -0.1) is 0 Å². The second kappa shape index (κ2) is 6.07. The first-order valence-corrected chi connectivity index (χ1v) is 6.46. The summed E-state index contributed by atoms with van der Waals surface area (Å²) in [5, 5.41) is 22.9. The average molecular weight is 251 g/mol. The maximum atomic E-state index is 9.92. The molecule has 2 rings (SSSR count). The van der Waals surface area contributed by atoms with E-state index >= 15 is 0 Å². The molecule has 0 radical (unpaired) electrons.